The van der Waals surface area contributed by atoms with E-state index in [9.17, 15) is 8.78 Å². The summed E-state index contributed by atoms with van der Waals surface area (Å²) in [6, 6.07) is 3.51. The van der Waals surface area contributed by atoms with Gasteiger partial charge < -0.3 is 5.32 Å². The largest absolute Gasteiger partial charge is 0.313 e. The lowest BCUT2D eigenvalue weighted by atomic mass is 9.88. The maximum atomic E-state index is 13.6. The highest BCUT2D eigenvalue weighted by molar-refractivity contribution is 5.23. The van der Waals surface area contributed by atoms with Crippen LogP contribution in [0.3, 0.4) is 0 Å². The second kappa shape index (κ2) is 5.94. The molecule has 0 heterocycles. The molecule has 1 aromatic rings. The van der Waals surface area contributed by atoms with Crippen LogP contribution >= 0.6 is 0 Å². The smallest absolute Gasteiger partial charge is 0.128 e. The molecule has 0 spiro atoms. The average molecular weight is 227 g/mol. The molecule has 0 bridgehead atoms. The molecule has 0 aromatic heterocycles. The summed E-state index contributed by atoms with van der Waals surface area (Å²) in [5.74, 6) is -0.406. The van der Waals surface area contributed by atoms with Gasteiger partial charge in [0.15, 0.2) is 0 Å². The Kier molecular flexibility index (Phi) is 4.87. The maximum absolute atomic E-state index is 13.6. The topological polar surface area (TPSA) is 12.0 Å². The van der Waals surface area contributed by atoms with E-state index in [1.807, 2.05) is 0 Å². The van der Waals surface area contributed by atoms with E-state index in [-0.39, 0.29) is 17.7 Å². The summed E-state index contributed by atoms with van der Waals surface area (Å²) >= 11 is 0. The van der Waals surface area contributed by atoms with Crippen molar-refractivity contribution in [2.24, 2.45) is 5.92 Å². The van der Waals surface area contributed by atoms with Crippen molar-refractivity contribution < 1.29 is 8.78 Å². The van der Waals surface area contributed by atoms with Gasteiger partial charge in [0.05, 0.1) is 0 Å². The molecule has 0 amide bonds. The number of hydrogen-bond donors (Lipinski definition) is 1. The third-order valence-corrected chi connectivity index (χ3v) is 3.12. The van der Waals surface area contributed by atoms with E-state index < -0.39 is 0 Å². The molecular formula is C13H19F2N. The molecule has 0 aliphatic heterocycles. The first kappa shape index (κ1) is 13.1. The van der Waals surface area contributed by atoms with Gasteiger partial charge in [0.25, 0.3) is 0 Å². The Morgan fingerprint density at radius 1 is 1.19 bits per heavy atom. The highest BCUT2D eigenvalue weighted by atomic mass is 19.1. The number of nitrogens with one attached hydrogen (secondary N) is 1. The third kappa shape index (κ3) is 2.79. The van der Waals surface area contributed by atoms with Crippen LogP contribution in [0.25, 0.3) is 0 Å². The van der Waals surface area contributed by atoms with Gasteiger partial charge in [0, 0.05) is 11.6 Å². The second-order valence-electron chi connectivity index (χ2n) is 4.01. The van der Waals surface area contributed by atoms with Gasteiger partial charge in [-0.3, -0.25) is 0 Å². The Hall–Kier alpha value is -0.960. The summed E-state index contributed by atoms with van der Waals surface area (Å²) in [7, 11) is 1.79. The fraction of sp³-hybridized carbons (Fsp3) is 0.538. The van der Waals surface area contributed by atoms with Crippen molar-refractivity contribution in [2.75, 3.05) is 7.05 Å². The Bertz CT molecular complexity index is 335. The minimum atomic E-state index is -0.386. The molecule has 0 aliphatic carbocycles. The lowest BCUT2D eigenvalue weighted by molar-refractivity contribution is 0.348. The van der Waals surface area contributed by atoms with Gasteiger partial charge in [-0.05, 0) is 31.2 Å². The minimum absolute atomic E-state index is 0.120. The molecule has 0 saturated carbocycles. The van der Waals surface area contributed by atoms with Gasteiger partial charge in [-0.25, -0.2) is 8.78 Å². The van der Waals surface area contributed by atoms with Crippen molar-refractivity contribution in [3.8, 4) is 0 Å². The van der Waals surface area contributed by atoms with Crippen molar-refractivity contribution in [1.29, 1.82) is 0 Å². The van der Waals surface area contributed by atoms with Crippen LogP contribution in [-0.2, 0) is 0 Å². The van der Waals surface area contributed by atoms with E-state index in [4.69, 9.17) is 0 Å². The Balaban J connectivity index is 3.06. The Labute approximate surface area is 95.9 Å². The molecule has 0 aliphatic rings. The SMILES string of the molecule is CCC(CC)C(NC)c1cc(F)ccc1F. The summed E-state index contributed by atoms with van der Waals surface area (Å²) in [6.45, 7) is 4.13. The van der Waals surface area contributed by atoms with Gasteiger partial charge >= 0.3 is 0 Å². The van der Waals surface area contributed by atoms with Gasteiger partial charge in [0.1, 0.15) is 11.6 Å². The zero-order valence-electron chi connectivity index (χ0n) is 10.1. The summed E-state index contributed by atoms with van der Waals surface area (Å²) in [5, 5.41) is 3.08. The highest BCUT2D eigenvalue weighted by Gasteiger charge is 2.21. The predicted molar refractivity (Wildman–Crippen MR) is 62.2 cm³/mol. The van der Waals surface area contributed by atoms with E-state index in [2.05, 4.69) is 19.2 Å². The van der Waals surface area contributed by atoms with Crippen molar-refractivity contribution >= 4 is 0 Å². The molecule has 1 nitrogen and oxygen atoms in total. The normalized spacial score (nSPS) is 13.1. The fourth-order valence-electron chi connectivity index (χ4n) is 2.16. The summed E-state index contributed by atoms with van der Waals surface area (Å²) in [5.41, 5.74) is 0.427. The number of rotatable bonds is 5. The van der Waals surface area contributed by atoms with Crippen molar-refractivity contribution in [2.45, 2.75) is 32.7 Å². The van der Waals surface area contributed by atoms with Gasteiger partial charge in [-0.15, -0.1) is 0 Å². The molecule has 1 rings (SSSR count). The molecule has 90 valence electrons. The van der Waals surface area contributed by atoms with Gasteiger partial charge in [-0.1, -0.05) is 26.7 Å². The van der Waals surface area contributed by atoms with Crippen LogP contribution < -0.4 is 5.32 Å². The quantitative estimate of drug-likeness (QED) is 0.809. The van der Waals surface area contributed by atoms with E-state index in [1.54, 1.807) is 7.05 Å². The zero-order chi connectivity index (χ0) is 12.1. The van der Waals surface area contributed by atoms with E-state index in [1.165, 1.54) is 12.1 Å². The predicted octanol–water partition coefficient (Wildman–Crippen LogP) is 3.66. The van der Waals surface area contributed by atoms with E-state index in [0.717, 1.165) is 18.9 Å². The molecular weight excluding hydrogens is 208 g/mol. The first-order chi connectivity index (χ1) is 7.63. The number of hydrogen-bond acceptors (Lipinski definition) is 1. The fourth-order valence-corrected chi connectivity index (χ4v) is 2.16. The first-order valence-corrected chi connectivity index (χ1v) is 5.76. The summed E-state index contributed by atoms with van der Waals surface area (Å²) in [4.78, 5) is 0. The number of halogens is 2. The summed E-state index contributed by atoms with van der Waals surface area (Å²) in [6.07, 6.45) is 1.88. The lowest BCUT2D eigenvalue weighted by Gasteiger charge is -2.25. The minimum Gasteiger partial charge on any atom is -0.313 e. The van der Waals surface area contributed by atoms with Gasteiger partial charge in [0.2, 0.25) is 0 Å². The molecule has 0 fully saturated rings. The van der Waals surface area contributed by atoms with Crippen LogP contribution in [0.5, 0.6) is 0 Å². The monoisotopic (exact) mass is 227 g/mol. The van der Waals surface area contributed by atoms with E-state index >= 15 is 0 Å². The van der Waals surface area contributed by atoms with Crippen LogP contribution in [0.2, 0.25) is 0 Å². The van der Waals surface area contributed by atoms with Crippen LogP contribution in [0.4, 0.5) is 8.78 Å². The van der Waals surface area contributed by atoms with Gasteiger partial charge in [-0.2, -0.15) is 0 Å². The van der Waals surface area contributed by atoms with Crippen molar-refractivity contribution in [3.05, 3.63) is 35.4 Å². The molecule has 1 N–H and O–H groups in total. The molecule has 1 unspecified atom stereocenters. The van der Waals surface area contributed by atoms with Crippen LogP contribution in [0.15, 0.2) is 18.2 Å². The standard InChI is InChI=1S/C13H19F2N/c1-4-9(5-2)13(16-3)11-8-10(14)6-7-12(11)15/h6-9,13,16H,4-5H2,1-3H3. The molecule has 3 heteroatoms. The molecule has 1 atom stereocenters. The Morgan fingerprint density at radius 3 is 2.31 bits per heavy atom. The zero-order valence-corrected chi connectivity index (χ0v) is 10.1. The van der Waals surface area contributed by atoms with Crippen molar-refractivity contribution in [3.63, 3.8) is 0 Å². The highest BCUT2D eigenvalue weighted by Crippen LogP contribution is 2.29. The van der Waals surface area contributed by atoms with Crippen LogP contribution in [0.1, 0.15) is 38.3 Å². The molecule has 0 saturated heterocycles. The number of benzene rings is 1. The summed E-state index contributed by atoms with van der Waals surface area (Å²) < 4.78 is 26.8. The second-order valence-corrected chi connectivity index (χ2v) is 4.01. The third-order valence-electron chi connectivity index (χ3n) is 3.12. The molecule has 0 radical (unpaired) electrons. The maximum Gasteiger partial charge on any atom is 0.128 e. The van der Waals surface area contributed by atoms with Crippen LogP contribution in [0, 0.1) is 17.6 Å². The molecule has 16 heavy (non-hydrogen) atoms. The average Bonchev–Trinajstić information content (AvgIpc) is 2.29. The Morgan fingerprint density at radius 2 is 1.81 bits per heavy atom. The van der Waals surface area contributed by atoms with E-state index in [0.29, 0.717) is 11.5 Å². The van der Waals surface area contributed by atoms with Crippen molar-refractivity contribution in [1.82, 2.24) is 5.32 Å². The molecule has 1 aromatic carbocycles. The first-order valence-electron chi connectivity index (χ1n) is 5.76. The lowest BCUT2D eigenvalue weighted by Crippen LogP contribution is -2.25. The van der Waals surface area contributed by atoms with Crippen LogP contribution in [-0.4, -0.2) is 7.05 Å².